The van der Waals surface area contributed by atoms with Crippen LogP contribution in [0.25, 0.3) is 17.2 Å². The first-order valence-corrected chi connectivity index (χ1v) is 8.75. The molecule has 0 amide bonds. The smallest absolute Gasteiger partial charge is 0.251 e. The van der Waals surface area contributed by atoms with Gasteiger partial charge in [0.1, 0.15) is 11.7 Å². The lowest BCUT2D eigenvalue weighted by Gasteiger charge is -2.22. The third-order valence-electron chi connectivity index (χ3n) is 4.58. The van der Waals surface area contributed by atoms with Crippen molar-refractivity contribution in [1.29, 1.82) is 0 Å². The largest absolute Gasteiger partial charge is 0.337 e. The average molecular weight is 360 g/mol. The van der Waals surface area contributed by atoms with E-state index in [0.29, 0.717) is 23.4 Å². The van der Waals surface area contributed by atoms with E-state index in [4.69, 9.17) is 4.52 Å². The molecule has 9 heteroatoms. The fraction of sp³-hybridized carbons (Fsp3) is 0.222. The molecule has 0 aliphatic carbocycles. The van der Waals surface area contributed by atoms with Crippen LogP contribution in [0.15, 0.2) is 59.3 Å². The van der Waals surface area contributed by atoms with Gasteiger partial charge in [0.15, 0.2) is 0 Å². The quantitative estimate of drug-likeness (QED) is 0.547. The molecule has 1 atom stereocenters. The van der Waals surface area contributed by atoms with E-state index >= 15 is 0 Å². The number of hydrogen-bond acceptors (Lipinski definition) is 8. The molecule has 1 fully saturated rings. The second-order valence-corrected chi connectivity index (χ2v) is 6.25. The monoisotopic (exact) mass is 360 g/mol. The molecule has 4 aromatic rings. The van der Waals surface area contributed by atoms with E-state index in [1.54, 1.807) is 10.9 Å². The molecular formula is C18H16N8O. The van der Waals surface area contributed by atoms with Crippen molar-refractivity contribution in [2.45, 2.75) is 18.9 Å². The molecule has 0 spiro atoms. The van der Waals surface area contributed by atoms with Gasteiger partial charge in [0.2, 0.25) is 11.7 Å². The SMILES string of the molecule is c1ccc(-n2nnnc2N2CCC[C@H]2c2nc(-c3ccccn3)no2)cc1. The Bertz CT molecular complexity index is 1030. The van der Waals surface area contributed by atoms with Gasteiger partial charge in [-0.3, -0.25) is 4.98 Å². The lowest BCUT2D eigenvalue weighted by Crippen LogP contribution is -2.26. The number of hydrogen-bond donors (Lipinski definition) is 0. The Morgan fingerprint density at radius 3 is 2.78 bits per heavy atom. The Hall–Kier alpha value is -3.62. The van der Waals surface area contributed by atoms with Gasteiger partial charge < -0.3 is 9.42 Å². The minimum Gasteiger partial charge on any atom is -0.337 e. The van der Waals surface area contributed by atoms with Crippen LogP contribution < -0.4 is 4.90 Å². The molecule has 27 heavy (non-hydrogen) atoms. The second-order valence-electron chi connectivity index (χ2n) is 6.25. The zero-order chi connectivity index (χ0) is 18.1. The number of nitrogens with zero attached hydrogens (tertiary/aromatic N) is 8. The lowest BCUT2D eigenvalue weighted by atomic mass is 10.2. The van der Waals surface area contributed by atoms with Gasteiger partial charge in [0.25, 0.3) is 5.95 Å². The average Bonchev–Trinajstić information content (AvgIpc) is 3.48. The number of aromatic nitrogens is 7. The van der Waals surface area contributed by atoms with Gasteiger partial charge in [-0.15, -0.1) is 0 Å². The molecule has 1 aliphatic rings. The van der Waals surface area contributed by atoms with E-state index in [1.807, 2.05) is 48.5 Å². The number of tetrazole rings is 1. The van der Waals surface area contributed by atoms with Gasteiger partial charge in [-0.1, -0.05) is 34.5 Å². The third-order valence-corrected chi connectivity index (χ3v) is 4.58. The fourth-order valence-corrected chi connectivity index (χ4v) is 3.33. The van der Waals surface area contributed by atoms with Gasteiger partial charge in [-0.25, -0.2) is 0 Å². The van der Waals surface area contributed by atoms with Gasteiger partial charge in [-0.2, -0.15) is 9.67 Å². The summed E-state index contributed by atoms with van der Waals surface area (Å²) in [6, 6.07) is 15.4. The van der Waals surface area contributed by atoms with Crippen molar-refractivity contribution >= 4 is 5.95 Å². The standard InChI is InChI=1S/C18H16N8O/c1-2-7-13(8-3-1)26-18(21-23-24-26)25-12-6-10-15(25)17-20-16(22-27-17)14-9-4-5-11-19-14/h1-5,7-9,11,15H,6,10,12H2/t15-/m0/s1. The minimum atomic E-state index is -0.0663. The predicted molar refractivity (Wildman–Crippen MR) is 96.0 cm³/mol. The van der Waals surface area contributed by atoms with Gasteiger partial charge in [-0.05, 0) is 47.5 Å². The molecule has 1 aromatic carbocycles. The number of benzene rings is 1. The van der Waals surface area contributed by atoms with E-state index in [-0.39, 0.29) is 6.04 Å². The number of pyridine rings is 1. The summed E-state index contributed by atoms with van der Waals surface area (Å²) in [6.07, 6.45) is 3.60. The highest BCUT2D eigenvalue weighted by atomic mass is 16.5. The molecule has 4 heterocycles. The highest BCUT2D eigenvalue weighted by molar-refractivity contribution is 5.48. The van der Waals surface area contributed by atoms with Crippen molar-refractivity contribution in [3.05, 3.63) is 60.6 Å². The van der Waals surface area contributed by atoms with Crippen LogP contribution in [0, 0.1) is 0 Å². The minimum absolute atomic E-state index is 0.0663. The van der Waals surface area contributed by atoms with Crippen LogP contribution in [0.1, 0.15) is 24.8 Å². The maximum Gasteiger partial charge on any atom is 0.251 e. The van der Waals surface area contributed by atoms with Crippen LogP contribution in [0.2, 0.25) is 0 Å². The summed E-state index contributed by atoms with van der Waals surface area (Å²) in [5.74, 6) is 1.71. The molecule has 0 saturated carbocycles. The Kier molecular flexibility index (Phi) is 3.82. The molecule has 0 radical (unpaired) electrons. The van der Waals surface area contributed by atoms with Crippen LogP contribution in [-0.4, -0.2) is 41.9 Å². The van der Waals surface area contributed by atoms with E-state index in [2.05, 4.69) is 35.5 Å². The highest BCUT2D eigenvalue weighted by Crippen LogP contribution is 2.35. The summed E-state index contributed by atoms with van der Waals surface area (Å²) in [7, 11) is 0. The zero-order valence-electron chi connectivity index (χ0n) is 14.4. The van der Waals surface area contributed by atoms with E-state index < -0.39 is 0 Å². The molecule has 5 rings (SSSR count). The van der Waals surface area contributed by atoms with Gasteiger partial charge in [0, 0.05) is 12.7 Å². The first-order valence-electron chi connectivity index (χ1n) is 8.75. The summed E-state index contributed by atoms with van der Waals surface area (Å²) in [4.78, 5) is 11.0. The molecule has 1 saturated heterocycles. The topological polar surface area (TPSA) is 98.7 Å². The molecular weight excluding hydrogens is 344 g/mol. The highest BCUT2D eigenvalue weighted by Gasteiger charge is 2.34. The Balaban J connectivity index is 1.47. The molecule has 0 unspecified atom stereocenters. The first kappa shape index (κ1) is 15.6. The Morgan fingerprint density at radius 1 is 1.04 bits per heavy atom. The van der Waals surface area contributed by atoms with Crippen LogP contribution in [0.4, 0.5) is 5.95 Å². The predicted octanol–water partition coefficient (Wildman–Crippen LogP) is 2.45. The second kappa shape index (κ2) is 6.60. The van der Waals surface area contributed by atoms with Gasteiger partial charge in [0.05, 0.1) is 5.69 Å². The van der Waals surface area contributed by atoms with Gasteiger partial charge >= 0.3 is 0 Å². The molecule has 9 nitrogen and oxygen atoms in total. The van der Waals surface area contributed by atoms with Crippen LogP contribution in [0.3, 0.4) is 0 Å². The van der Waals surface area contributed by atoms with Crippen molar-refractivity contribution in [1.82, 2.24) is 35.3 Å². The van der Waals surface area contributed by atoms with Crippen molar-refractivity contribution < 1.29 is 4.52 Å². The zero-order valence-corrected chi connectivity index (χ0v) is 14.4. The van der Waals surface area contributed by atoms with Crippen molar-refractivity contribution in [2.75, 3.05) is 11.4 Å². The normalized spacial score (nSPS) is 16.7. The van der Waals surface area contributed by atoms with Crippen molar-refractivity contribution in [3.8, 4) is 17.2 Å². The van der Waals surface area contributed by atoms with E-state index in [1.165, 1.54) is 0 Å². The van der Waals surface area contributed by atoms with Crippen molar-refractivity contribution in [3.63, 3.8) is 0 Å². The van der Waals surface area contributed by atoms with Crippen LogP contribution in [-0.2, 0) is 0 Å². The molecule has 0 N–H and O–H groups in total. The van der Waals surface area contributed by atoms with E-state index in [9.17, 15) is 0 Å². The van der Waals surface area contributed by atoms with Crippen molar-refractivity contribution in [2.24, 2.45) is 0 Å². The molecule has 1 aliphatic heterocycles. The lowest BCUT2D eigenvalue weighted by molar-refractivity contribution is 0.354. The molecule has 134 valence electrons. The summed E-state index contributed by atoms with van der Waals surface area (Å²) in [5.41, 5.74) is 1.59. The maximum absolute atomic E-state index is 5.56. The number of anilines is 1. The maximum atomic E-state index is 5.56. The number of para-hydroxylation sites is 1. The Morgan fingerprint density at radius 2 is 1.93 bits per heavy atom. The fourth-order valence-electron chi connectivity index (χ4n) is 3.33. The summed E-state index contributed by atoms with van der Waals surface area (Å²) in [5, 5.41) is 16.4. The first-order chi connectivity index (χ1) is 13.4. The Labute approximate surface area is 154 Å². The third kappa shape index (κ3) is 2.82. The summed E-state index contributed by atoms with van der Waals surface area (Å²) >= 11 is 0. The summed E-state index contributed by atoms with van der Waals surface area (Å²) < 4.78 is 7.29. The van der Waals surface area contributed by atoms with E-state index in [0.717, 1.165) is 25.1 Å². The number of rotatable bonds is 4. The molecule has 0 bridgehead atoms. The van der Waals surface area contributed by atoms with Crippen LogP contribution >= 0.6 is 0 Å². The molecule has 3 aromatic heterocycles. The van der Waals surface area contributed by atoms with Crippen LogP contribution in [0.5, 0.6) is 0 Å². The summed E-state index contributed by atoms with van der Waals surface area (Å²) in [6.45, 7) is 0.819.